The number of pyridine rings is 1. The number of nitrogens with one attached hydrogen (secondary N) is 1. The molecule has 0 unspecified atom stereocenters. The molecule has 198 valence electrons. The largest absolute Gasteiger partial charge is 0.378 e. The quantitative estimate of drug-likeness (QED) is 0.540. The van der Waals surface area contributed by atoms with Gasteiger partial charge < -0.3 is 24.9 Å². The van der Waals surface area contributed by atoms with E-state index in [2.05, 4.69) is 11.4 Å². The van der Waals surface area contributed by atoms with E-state index in [1.807, 2.05) is 35.9 Å². The summed E-state index contributed by atoms with van der Waals surface area (Å²) >= 11 is 0. The lowest BCUT2D eigenvalue weighted by atomic mass is 9.98. The fraction of sp³-hybridized carbons (Fsp3) is 0.444. The van der Waals surface area contributed by atoms with Crippen molar-refractivity contribution in [1.29, 1.82) is 5.26 Å². The molecule has 3 aromatic rings. The average molecular weight is 517 g/mol. The van der Waals surface area contributed by atoms with E-state index in [4.69, 9.17) is 14.7 Å². The van der Waals surface area contributed by atoms with Gasteiger partial charge in [-0.1, -0.05) is 12.1 Å². The lowest BCUT2D eigenvalue weighted by molar-refractivity contribution is -0.129. The summed E-state index contributed by atoms with van der Waals surface area (Å²) in [5.41, 5.74) is 3.22. The number of hydrogen-bond donors (Lipinski definition) is 1. The highest BCUT2D eigenvalue weighted by Gasteiger charge is 2.29. The molecule has 2 saturated heterocycles. The van der Waals surface area contributed by atoms with Gasteiger partial charge >= 0.3 is 0 Å². The van der Waals surface area contributed by atoms with E-state index >= 15 is 0 Å². The number of amides is 1. The number of likely N-dealkylation sites (N-methyl/N-ethyl adjacent to an activating group) is 1. The molecule has 2 aliphatic heterocycles. The van der Waals surface area contributed by atoms with E-state index < -0.39 is 0 Å². The molecule has 0 saturated carbocycles. The molecule has 2 fully saturated rings. The van der Waals surface area contributed by atoms with Gasteiger partial charge in [0.1, 0.15) is 22.8 Å². The van der Waals surface area contributed by atoms with Gasteiger partial charge in [-0.15, -0.1) is 0 Å². The van der Waals surface area contributed by atoms with Gasteiger partial charge in [-0.25, -0.2) is 14.6 Å². The van der Waals surface area contributed by atoms with Gasteiger partial charge in [-0.3, -0.25) is 9.59 Å². The number of rotatable bonds is 5. The Morgan fingerprint density at radius 2 is 1.87 bits per heavy atom. The number of ether oxygens (including phenoxy) is 1. The predicted molar refractivity (Wildman–Crippen MR) is 145 cm³/mol. The van der Waals surface area contributed by atoms with Crippen molar-refractivity contribution >= 4 is 28.3 Å². The zero-order chi connectivity index (χ0) is 27.0. The summed E-state index contributed by atoms with van der Waals surface area (Å²) < 4.78 is 7.14. The van der Waals surface area contributed by atoms with Crippen LogP contribution in [0.1, 0.15) is 35.5 Å². The number of morpholine rings is 1. The second kappa shape index (κ2) is 10.3. The van der Waals surface area contributed by atoms with Crippen molar-refractivity contribution in [2.24, 2.45) is 0 Å². The highest BCUT2D eigenvalue weighted by atomic mass is 16.5. The van der Waals surface area contributed by atoms with Crippen LogP contribution in [0.5, 0.6) is 0 Å². The van der Waals surface area contributed by atoms with Crippen molar-refractivity contribution in [1.82, 2.24) is 19.5 Å². The first kappa shape index (κ1) is 25.5. The summed E-state index contributed by atoms with van der Waals surface area (Å²) in [5, 5.41) is 15.7. The molecule has 1 amide bonds. The molecule has 0 bridgehead atoms. The average Bonchev–Trinajstić information content (AvgIpc) is 2.90. The summed E-state index contributed by atoms with van der Waals surface area (Å²) in [7, 11) is 1.77. The third-order valence-electron chi connectivity index (χ3n) is 7.33. The SMILES string of the molecule is Cc1nc(N[C@H](C)c2cccc(C#N)c2C)c2cn(N3CCOCC3)c(=O)c(N3CCN(C)C(=O)C3)c2n1. The first-order valence-corrected chi connectivity index (χ1v) is 12.8. The molecule has 11 heteroatoms. The maximum Gasteiger partial charge on any atom is 0.294 e. The summed E-state index contributed by atoms with van der Waals surface area (Å²) in [5.74, 6) is 1.06. The minimum atomic E-state index is -0.216. The van der Waals surface area contributed by atoms with E-state index in [-0.39, 0.29) is 24.1 Å². The van der Waals surface area contributed by atoms with Crippen LogP contribution in [-0.4, -0.2) is 78.4 Å². The fourth-order valence-electron chi connectivity index (χ4n) is 5.12. The van der Waals surface area contributed by atoms with Gasteiger partial charge in [0.2, 0.25) is 5.91 Å². The molecule has 4 heterocycles. The Kier molecular flexibility index (Phi) is 6.91. The van der Waals surface area contributed by atoms with E-state index in [0.29, 0.717) is 73.2 Å². The number of aromatic nitrogens is 3. The zero-order valence-corrected chi connectivity index (χ0v) is 22.2. The first-order chi connectivity index (χ1) is 18.3. The minimum absolute atomic E-state index is 0.0452. The van der Waals surface area contributed by atoms with Gasteiger partial charge in [0.15, 0.2) is 0 Å². The number of carbonyl (C=O) groups excluding carboxylic acids is 1. The van der Waals surface area contributed by atoms with Crippen molar-refractivity contribution < 1.29 is 9.53 Å². The molecule has 0 spiro atoms. The Morgan fingerprint density at radius 3 is 2.58 bits per heavy atom. The van der Waals surface area contributed by atoms with Gasteiger partial charge in [0.25, 0.3) is 5.56 Å². The van der Waals surface area contributed by atoms with Crippen molar-refractivity contribution in [3.63, 3.8) is 0 Å². The van der Waals surface area contributed by atoms with Crippen LogP contribution in [0.3, 0.4) is 0 Å². The first-order valence-electron chi connectivity index (χ1n) is 12.8. The summed E-state index contributed by atoms with van der Waals surface area (Å²) in [4.78, 5) is 39.5. The number of nitriles is 1. The molecule has 1 atom stereocenters. The standard InChI is InChI=1S/C27H32N8O3/c1-17-20(14-28)6-5-7-21(17)18(2)29-26-22-15-35(34-10-12-38-13-11-34)27(37)25(24(22)30-19(3)31-26)33-9-8-32(4)23(36)16-33/h5-7,15,18H,8-13,16H2,1-4H3,(H,29,30,31)/t18-/m1/s1. The monoisotopic (exact) mass is 516 g/mol. The highest BCUT2D eigenvalue weighted by molar-refractivity contribution is 5.98. The van der Waals surface area contributed by atoms with Crippen molar-refractivity contribution in [3.05, 3.63) is 57.3 Å². The van der Waals surface area contributed by atoms with Gasteiger partial charge in [0.05, 0.1) is 55.9 Å². The highest BCUT2D eigenvalue weighted by Crippen LogP contribution is 2.31. The minimum Gasteiger partial charge on any atom is -0.378 e. The molecule has 5 rings (SSSR count). The maximum absolute atomic E-state index is 14.0. The number of piperazine rings is 1. The molecule has 11 nitrogen and oxygen atoms in total. The molecule has 2 aliphatic rings. The normalized spacial score (nSPS) is 17.0. The fourth-order valence-corrected chi connectivity index (χ4v) is 5.12. The second-order valence-electron chi connectivity index (χ2n) is 9.81. The third kappa shape index (κ3) is 4.63. The molecule has 1 N–H and O–H groups in total. The Balaban J connectivity index is 1.67. The lowest BCUT2D eigenvalue weighted by Crippen LogP contribution is -2.53. The number of carbonyl (C=O) groups is 1. The van der Waals surface area contributed by atoms with Crippen molar-refractivity contribution in [2.45, 2.75) is 26.8 Å². The number of anilines is 2. The van der Waals surface area contributed by atoms with Gasteiger partial charge in [0, 0.05) is 26.3 Å². The Bertz CT molecular complexity index is 1490. The topological polar surface area (TPSA) is 120 Å². The number of benzene rings is 1. The van der Waals surface area contributed by atoms with E-state index in [0.717, 1.165) is 11.1 Å². The number of nitrogens with zero attached hydrogens (tertiary/aromatic N) is 7. The Labute approximate surface area is 221 Å². The summed E-state index contributed by atoms with van der Waals surface area (Å²) in [6.45, 7) is 9.09. The number of hydrogen-bond acceptors (Lipinski definition) is 9. The maximum atomic E-state index is 14.0. The van der Waals surface area contributed by atoms with Gasteiger partial charge in [-0.2, -0.15) is 5.26 Å². The van der Waals surface area contributed by atoms with Crippen LogP contribution in [0.4, 0.5) is 11.5 Å². The van der Waals surface area contributed by atoms with Crippen LogP contribution in [0.25, 0.3) is 10.9 Å². The van der Waals surface area contributed by atoms with Gasteiger partial charge in [-0.05, 0) is 38.0 Å². The van der Waals surface area contributed by atoms with Crippen LogP contribution < -0.4 is 20.8 Å². The second-order valence-corrected chi connectivity index (χ2v) is 9.81. The number of aryl methyl sites for hydroxylation is 1. The predicted octanol–water partition coefficient (Wildman–Crippen LogP) is 1.70. The lowest BCUT2D eigenvalue weighted by Gasteiger charge is -2.35. The van der Waals surface area contributed by atoms with E-state index in [9.17, 15) is 14.9 Å². The Hall–Kier alpha value is -4.17. The molecular formula is C27H32N8O3. The molecule has 38 heavy (non-hydrogen) atoms. The number of fused-ring (bicyclic) bond motifs is 1. The van der Waals surface area contributed by atoms with Crippen LogP contribution in [-0.2, 0) is 9.53 Å². The van der Waals surface area contributed by atoms with Crippen LogP contribution in [0, 0.1) is 25.2 Å². The van der Waals surface area contributed by atoms with Crippen molar-refractivity contribution in [3.8, 4) is 6.07 Å². The zero-order valence-electron chi connectivity index (χ0n) is 22.2. The summed E-state index contributed by atoms with van der Waals surface area (Å²) in [6, 6.07) is 7.76. The molecular weight excluding hydrogens is 484 g/mol. The summed E-state index contributed by atoms with van der Waals surface area (Å²) in [6.07, 6.45) is 1.79. The smallest absolute Gasteiger partial charge is 0.294 e. The van der Waals surface area contributed by atoms with E-state index in [1.54, 1.807) is 35.8 Å². The molecule has 0 aliphatic carbocycles. The van der Waals surface area contributed by atoms with Crippen LogP contribution in [0.15, 0.2) is 29.2 Å². The molecule has 2 aromatic heterocycles. The van der Waals surface area contributed by atoms with Crippen molar-refractivity contribution in [2.75, 3.05) is 68.2 Å². The Morgan fingerprint density at radius 1 is 1.11 bits per heavy atom. The molecule has 1 aromatic carbocycles. The molecule has 0 radical (unpaired) electrons. The van der Waals surface area contributed by atoms with Crippen LogP contribution >= 0.6 is 0 Å². The van der Waals surface area contributed by atoms with Crippen LogP contribution in [0.2, 0.25) is 0 Å². The van der Waals surface area contributed by atoms with E-state index in [1.165, 1.54) is 0 Å². The third-order valence-corrected chi connectivity index (χ3v) is 7.33.